The van der Waals surface area contributed by atoms with Crippen LogP contribution in [-0.4, -0.2) is 45.7 Å². The molecular formula is C23H28N2O4. The minimum atomic E-state index is -0.882. The molecule has 0 aliphatic carbocycles. The van der Waals surface area contributed by atoms with E-state index >= 15 is 0 Å². The lowest BCUT2D eigenvalue weighted by Crippen LogP contribution is -2.62. The van der Waals surface area contributed by atoms with Crippen molar-refractivity contribution in [1.82, 2.24) is 9.80 Å². The van der Waals surface area contributed by atoms with Crippen LogP contribution in [0.3, 0.4) is 0 Å². The molecule has 0 radical (unpaired) electrons. The second kappa shape index (κ2) is 9.09. The number of benzene rings is 2. The van der Waals surface area contributed by atoms with Crippen molar-refractivity contribution in [2.75, 3.05) is 6.67 Å². The van der Waals surface area contributed by atoms with Crippen molar-refractivity contribution in [2.45, 2.75) is 45.6 Å². The fourth-order valence-corrected chi connectivity index (χ4v) is 3.81. The van der Waals surface area contributed by atoms with Crippen molar-refractivity contribution in [3.05, 3.63) is 71.8 Å². The highest BCUT2D eigenvalue weighted by Crippen LogP contribution is 2.31. The van der Waals surface area contributed by atoms with Crippen LogP contribution in [0.25, 0.3) is 0 Å². The smallest absolute Gasteiger partial charge is 0.411 e. The fraction of sp³-hybridized carbons (Fsp3) is 0.391. The molecule has 0 spiro atoms. The summed E-state index contributed by atoms with van der Waals surface area (Å²) in [4.78, 5) is 29.1. The Morgan fingerprint density at radius 3 is 2.28 bits per heavy atom. The monoisotopic (exact) mass is 396 g/mol. The van der Waals surface area contributed by atoms with E-state index < -0.39 is 24.2 Å². The molecule has 0 unspecified atom stereocenters. The minimum Gasteiger partial charge on any atom is -0.444 e. The molecule has 1 fully saturated rings. The molecule has 1 saturated heterocycles. The van der Waals surface area contributed by atoms with Gasteiger partial charge in [-0.15, -0.1) is 0 Å². The van der Waals surface area contributed by atoms with E-state index in [-0.39, 0.29) is 25.2 Å². The van der Waals surface area contributed by atoms with Crippen LogP contribution in [0.15, 0.2) is 60.7 Å². The van der Waals surface area contributed by atoms with Gasteiger partial charge >= 0.3 is 6.09 Å². The summed E-state index contributed by atoms with van der Waals surface area (Å²) < 4.78 is 5.50. The predicted molar refractivity (Wildman–Crippen MR) is 110 cm³/mol. The summed E-state index contributed by atoms with van der Waals surface area (Å²) in [6, 6.07) is 18.4. The number of hydrogen-bond acceptors (Lipinski definition) is 4. The highest BCUT2D eigenvalue weighted by molar-refractivity contribution is 5.83. The van der Waals surface area contributed by atoms with Crippen molar-refractivity contribution in [2.24, 2.45) is 5.92 Å². The van der Waals surface area contributed by atoms with Crippen LogP contribution in [0, 0.1) is 5.92 Å². The number of rotatable bonds is 5. The van der Waals surface area contributed by atoms with Gasteiger partial charge in [-0.05, 0) is 31.9 Å². The Morgan fingerprint density at radius 2 is 1.69 bits per heavy atom. The topological polar surface area (TPSA) is 70.1 Å². The Bertz CT molecular complexity index is 825. The first-order valence-corrected chi connectivity index (χ1v) is 9.91. The van der Waals surface area contributed by atoms with Crippen LogP contribution in [0.1, 0.15) is 37.9 Å². The second-order valence-corrected chi connectivity index (χ2v) is 7.55. The average Bonchev–Trinajstić information content (AvgIpc) is 2.73. The zero-order chi connectivity index (χ0) is 21.0. The van der Waals surface area contributed by atoms with Gasteiger partial charge in [0.15, 0.2) is 0 Å². The molecule has 6 nitrogen and oxygen atoms in total. The number of carbonyl (C=O) groups excluding carboxylic acids is 2. The van der Waals surface area contributed by atoms with Gasteiger partial charge in [0.05, 0.1) is 24.7 Å². The molecule has 0 aromatic heterocycles. The summed E-state index contributed by atoms with van der Waals surface area (Å²) in [7, 11) is 0. The Morgan fingerprint density at radius 1 is 1.10 bits per heavy atom. The van der Waals surface area contributed by atoms with Crippen LogP contribution in [0.5, 0.6) is 0 Å². The summed E-state index contributed by atoms with van der Waals surface area (Å²) in [6.45, 7) is 5.57. The zero-order valence-electron chi connectivity index (χ0n) is 17.1. The molecule has 3 rings (SSSR count). The van der Waals surface area contributed by atoms with Crippen molar-refractivity contribution in [3.63, 3.8) is 0 Å². The summed E-state index contributed by atoms with van der Waals surface area (Å²) in [5.74, 6) is -0.866. The standard InChI is InChI=1S/C23H28N2O4/c1-16(20-12-8-5-9-13-20)24-15-25(17(2)21(18(3)26)22(24)27)23(28)29-14-19-10-6-4-7-11-19/h4-13,16-18,21,26H,14-15H2,1-3H3/t16-,17-,18+,21+/m0/s1. The van der Waals surface area contributed by atoms with Gasteiger partial charge in [0.2, 0.25) is 5.91 Å². The molecule has 2 aromatic rings. The van der Waals surface area contributed by atoms with Crippen molar-refractivity contribution in [3.8, 4) is 0 Å². The highest BCUT2D eigenvalue weighted by atomic mass is 16.6. The molecule has 29 heavy (non-hydrogen) atoms. The van der Waals surface area contributed by atoms with E-state index in [0.29, 0.717) is 0 Å². The summed E-state index contributed by atoms with van der Waals surface area (Å²) in [6.07, 6.45) is -1.38. The first kappa shape index (κ1) is 20.9. The maximum absolute atomic E-state index is 13.1. The molecule has 2 amide bonds. The molecule has 1 N–H and O–H groups in total. The van der Waals surface area contributed by atoms with Crippen molar-refractivity contribution >= 4 is 12.0 Å². The van der Waals surface area contributed by atoms with E-state index in [1.54, 1.807) is 18.7 Å². The molecule has 4 atom stereocenters. The third-order valence-electron chi connectivity index (χ3n) is 5.59. The normalized spacial score (nSPS) is 21.6. The van der Waals surface area contributed by atoms with Gasteiger partial charge in [0.25, 0.3) is 0 Å². The molecular weight excluding hydrogens is 368 g/mol. The van der Waals surface area contributed by atoms with Crippen LogP contribution < -0.4 is 0 Å². The van der Waals surface area contributed by atoms with Crippen molar-refractivity contribution < 1.29 is 19.4 Å². The van der Waals surface area contributed by atoms with Crippen molar-refractivity contribution in [1.29, 1.82) is 0 Å². The minimum absolute atomic E-state index is 0.118. The lowest BCUT2D eigenvalue weighted by Gasteiger charge is -2.46. The Kier molecular flexibility index (Phi) is 6.54. The van der Waals surface area contributed by atoms with Gasteiger partial charge in [0.1, 0.15) is 6.61 Å². The van der Waals surface area contributed by atoms with Crippen LogP contribution in [-0.2, 0) is 16.1 Å². The van der Waals surface area contributed by atoms with E-state index in [0.717, 1.165) is 11.1 Å². The number of ether oxygens (including phenoxy) is 1. The molecule has 0 saturated carbocycles. The van der Waals surface area contributed by atoms with Gasteiger partial charge in [-0.1, -0.05) is 60.7 Å². The number of aliphatic hydroxyl groups is 1. The van der Waals surface area contributed by atoms with Gasteiger partial charge in [-0.3, -0.25) is 9.69 Å². The van der Waals surface area contributed by atoms with E-state index in [2.05, 4.69) is 0 Å². The van der Waals surface area contributed by atoms with Gasteiger partial charge in [-0.25, -0.2) is 4.79 Å². The Balaban J connectivity index is 1.80. The first-order chi connectivity index (χ1) is 13.9. The molecule has 1 aliphatic heterocycles. The molecule has 2 aromatic carbocycles. The third-order valence-corrected chi connectivity index (χ3v) is 5.59. The summed E-state index contributed by atoms with van der Waals surface area (Å²) in [5.41, 5.74) is 1.86. The van der Waals surface area contributed by atoms with E-state index in [1.165, 1.54) is 4.90 Å². The molecule has 0 bridgehead atoms. The fourth-order valence-electron chi connectivity index (χ4n) is 3.81. The third kappa shape index (κ3) is 4.59. The number of amides is 2. The molecule has 1 heterocycles. The first-order valence-electron chi connectivity index (χ1n) is 9.91. The second-order valence-electron chi connectivity index (χ2n) is 7.55. The van der Waals surface area contributed by atoms with Crippen LogP contribution in [0.4, 0.5) is 4.79 Å². The maximum Gasteiger partial charge on any atom is 0.411 e. The lowest BCUT2D eigenvalue weighted by molar-refractivity contribution is -0.155. The SMILES string of the molecule is C[C@@H](O)[C@@H]1C(=O)N([C@@H](C)c2ccccc2)CN(C(=O)OCc2ccccc2)[C@H]1C. The molecule has 154 valence electrons. The molecule has 6 heteroatoms. The van der Waals surface area contributed by atoms with Crippen LogP contribution >= 0.6 is 0 Å². The predicted octanol–water partition coefficient (Wildman–Crippen LogP) is 3.57. The lowest BCUT2D eigenvalue weighted by atomic mass is 9.90. The van der Waals surface area contributed by atoms with E-state index in [9.17, 15) is 14.7 Å². The average molecular weight is 396 g/mol. The van der Waals surface area contributed by atoms with Gasteiger partial charge < -0.3 is 14.7 Å². The maximum atomic E-state index is 13.1. The number of carbonyl (C=O) groups is 2. The highest BCUT2D eigenvalue weighted by Gasteiger charge is 2.45. The Labute approximate surface area is 171 Å². The van der Waals surface area contributed by atoms with Crippen LogP contribution in [0.2, 0.25) is 0 Å². The number of nitrogens with zero attached hydrogens (tertiary/aromatic N) is 2. The summed E-state index contributed by atoms with van der Waals surface area (Å²) >= 11 is 0. The summed E-state index contributed by atoms with van der Waals surface area (Å²) in [5, 5.41) is 10.3. The Hall–Kier alpha value is -2.86. The van der Waals surface area contributed by atoms with Gasteiger partial charge in [0, 0.05) is 6.04 Å². The molecule has 1 aliphatic rings. The van der Waals surface area contributed by atoms with E-state index in [1.807, 2.05) is 67.6 Å². The largest absolute Gasteiger partial charge is 0.444 e. The number of aliphatic hydroxyl groups excluding tert-OH is 1. The van der Waals surface area contributed by atoms with Gasteiger partial charge in [-0.2, -0.15) is 0 Å². The quantitative estimate of drug-likeness (QED) is 0.839. The zero-order valence-corrected chi connectivity index (χ0v) is 17.1. The van der Waals surface area contributed by atoms with E-state index in [4.69, 9.17) is 4.74 Å². The number of hydrogen-bond donors (Lipinski definition) is 1.